The predicted octanol–water partition coefficient (Wildman–Crippen LogP) is 5.31. The Morgan fingerprint density at radius 1 is 1.20 bits per heavy atom. The number of nitrogens with zero attached hydrogens (tertiary/aromatic N) is 2. The molecule has 2 heterocycles. The van der Waals surface area contributed by atoms with Crippen molar-refractivity contribution < 1.29 is 13.6 Å². The van der Waals surface area contributed by atoms with E-state index in [1.165, 1.54) is 18.4 Å². The van der Waals surface area contributed by atoms with E-state index in [0.29, 0.717) is 18.0 Å². The van der Waals surface area contributed by atoms with E-state index >= 15 is 0 Å². The van der Waals surface area contributed by atoms with Gasteiger partial charge in [0.2, 0.25) is 0 Å². The molecule has 0 spiro atoms. The number of aromatic nitrogens is 2. The number of benzene rings is 2. The van der Waals surface area contributed by atoms with Crippen LogP contribution in [0.4, 0.5) is 4.39 Å². The van der Waals surface area contributed by atoms with Gasteiger partial charge in [-0.3, -0.25) is 19.8 Å². The molecule has 1 aliphatic carbocycles. The molecule has 2 aromatic carbocycles. The Morgan fingerprint density at radius 3 is 2.71 bits per heavy atom. The number of halogens is 1. The molecule has 1 fully saturated rings. The second-order valence-electron chi connectivity index (χ2n) is 9.26. The molecular formula is C28H27FN4O2. The lowest BCUT2D eigenvalue weighted by atomic mass is 9.95. The lowest BCUT2D eigenvalue weighted by molar-refractivity contribution is 0.0930. The van der Waals surface area contributed by atoms with Gasteiger partial charge in [-0.05, 0) is 103 Å². The number of hydrogen-bond donors (Lipinski definition) is 2. The summed E-state index contributed by atoms with van der Waals surface area (Å²) < 4.78 is 20.5. The number of carbonyl (C=O) groups excluding carboxylic acids is 1. The first-order valence-electron chi connectivity index (χ1n) is 11.7. The maximum Gasteiger partial charge on any atom is 0.293 e. The molecule has 1 saturated carbocycles. The van der Waals surface area contributed by atoms with E-state index in [0.717, 1.165) is 46.4 Å². The van der Waals surface area contributed by atoms with E-state index in [2.05, 4.69) is 10.3 Å². The number of nitrogens with one attached hydrogen (secondary N) is 2. The Bertz CT molecular complexity index is 1450. The zero-order valence-corrected chi connectivity index (χ0v) is 19.7. The molecule has 1 aliphatic rings. The van der Waals surface area contributed by atoms with Crippen molar-refractivity contribution in [1.29, 1.82) is 5.41 Å². The van der Waals surface area contributed by atoms with Gasteiger partial charge in [-0.1, -0.05) is 6.07 Å². The highest BCUT2D eigenvalue weighted by atomic mass is 19.1. The minimum atomic E-state index is -0.300. The van der Waals surface area contributed by atoms with Gasteiger partial charge in [0.15, 0.2) is 0 Å². The summed E-state index contributed by atoms with van der Waals surface area (Å²) in [6.45, 7) is 4.24. The molecule has 1 amide bonds. The average molecular weight is 471 g/mol. The molecule has 1 unspecified atom stereocenters. The number of hydrogen-bond acceptors (Lipinski definition) is 4. The minimum Gasteiger partial charge on any atom is -0.432 e. The molecule has 4 aromatic rings. The van der Waals surface area contributed by atoms with Gasteiger partial charge in [0.05, 0.1) is 18.3 Å². The fourth-order valence-corrected chi connectivity index (χ4v) is 4.46. The zero-order chi connectivity index (χ0) is 24.5. The fourth-order valence-electron chi connectivity index (χ4n) is 4.46. The van der Waals surface area contributed by atoms with Gasteiger partial charge in [0.25, 0.3) is 11.6 Å². The molecule has 0 saturated heterocycles. The molecule has 35 heavy (non-hydrogen) atoms. The first-order chi connectivity index (χ1) is 16.9. The molecule has 1 atom stereocenters. The van der Waals surface area contributed by atoms with Crippen molar-refractivity contribution in [2.45, 2.75) is 39.3 Å². The van der Waals surface area contributed by atoms with Crippen LogP contribution in [-0.2, 0) is 6.54 Å². The topological polar surface area (TPSA) is 83.9 Å². The van der Waals surface area contributed by atoms with Crippen molar-refractivity contribution in [3.8, 4) is 11.1 Å². The second kappa shape index (κ2) is 9.33. The lowest BCUT2D eigenvalue weighted by Crippen LogP contribution is -2.30. The van der Waals surface area contributed by atoms with Crippen molar-refractivity contribution in [1.82, 2.24) is 14.9 Å². The van der Waals surface area contributed by atoms with Crippen LogP contribution in [0.1, 0.15) is 51.6 Å². The highest BCUT2D eigenvalue weighted by molar-refractivity contribution is 5.96. The number of rotatable bonds is 7. The van der Waals surface area contributed by atoms with Gasteiger partial charge in [-0.25, -0.2) is 4.39 Å². The third-order valence-corrected chi connectivity index (χ3v) is 6.42. The number of amides is 1. The van der Waals surface area contributed by atoms with Crippen LogP contribution in [-0.4, -0.2) is 15.5 Å². The highest BCUT2D eigenvalue weighted by Gasteiger charge is 2.34. The smallest absolute Gasteiger partial charge is 0.293 e. The number of carbonyl (C=O) groups is 1. The van der Waals surface area contributed by atoms with Crippen molar-refractivity contribution in [3.05, 3.63) is 107 Å². The lowest BCUT2D eigenvalue weighted by Gasteiger charge is -2.19. The Balaban J connectivity index is 1.52. The van der Waals surface area contributed by atoms with Crippen molar-refractivity contribution in [3.63, 3.8) is 0 Å². The van der Waals surface area contributed by atoms with Crippen LogP contribution in [0.2, 0.25) is 0 Å². The Morgan fingerprint density at radius 2 is 2.03 bits per heavy atom. The third-order valence-electron chi connectivity index (χ3n) is 6.42. The maximum atomic E-state index is 13.8. The fraction of sp³-hybridized carbons (Fsp3) is 0.250. The van der Waals surface area contributed by atoms with Crippen molar-refractivity contribution >= 4 is 5.91 Å². The van der Waals surface area contributed by atoms with Crippen LogP contribution in [0.5, 0.6) is 0 Å². The molecule has 178 valence electrons. The molecule has 0 radical (unpaired) electrons. The van der Waals surface area contributed by atoms with Crippen LogP contribution in [0, 0.1) is 31.0 Å². The monoisotopic (exact) mass is 470 g/mol. The van der Waals surface area contributed by atoms with Gasteiger partial charge in [0, 0.05) is 18.0 Å². The SMILES string of the molecule is Cc1ccnc(C(NC(=O)c2cc(Cn3ccoc3=N)cc(-c3ccc(F)cc3C)c2)C2CC2)c1. The molecule has 2 aromatic heterocycles. The van der Waals surface area contributed by atoms with Gasteiger partial charge in [-0.15, -0.1) is 0 Å². The minimum absolute atomic E-state index is 0.0266. The van der Waals surface area contributed by atoms with Crippen molar-refractivity contribution in [2.24, 2.45) is 5.92 Å². The molecule has 2 N–H and O–H groups in total. The van der Waals surface area contributed by atoms with E-state index in [1.807, 2.05) is 44.2 Å². The molecule has 0 aliphatic heterocycles. The zero-order valence-electron chi connectivity index (χ0n) is 19.7. The molecule has 7 heteroatoms. The van der Waals surface area contributed by atoms with Crippen LogP contribution in [0.25, 0.3) is 11.1 Å². The largest absolute Gasteiger partial charge is 0.432 e. The summed E-state index contributed by atoms with van der Waals surface area (Å²) in [5.41, 5.74) is 5.81. The van der Waals surface area contributed by atoms with Gasteiger partial charge < -0.3 is 9.73 Å². The van der Waals surface area contributed by atoms with Crippen LogP contribution < -0.4 is 11.0 Å². The summed E-state index contributed by atoms with van der Waals surface area (Å²) in [5, 5.41) is 11.2. The normalized spacial score (nSPS) is 14.0. The first kappa shape index (κ1) is 22.8. The van der Waals surface area contributed by atoms with E-state index in [1.54, 1.807) is 23.0 Å². The van der Waals surface area contributed by atoms with Crippen LogP contribution >= 0.6 is 0 Å². The summed E-state index contributed by atoms with van der Waals surface area (Å²) in [4.78, 5) is 18.1. The molecule has 0 bridgehead atoms. The Kier molecular flexibility index (Phi) is 6.07. The maximum absolute atomic E-state index is 13.8. The summed E-state index contributed by atoms with van der Waals surface area (Å²) in [6, 6.07) is 14.1. The Labute approximate surface area is 203 Å². The Hall–Kier alpha value is -4.00. The van der Waals surface area contributed by atoms with Crippen LogP contribution in [0.3, 0.4) is 0 Å². The predicted molar refractivity (Wildman–Crippen MR) is 130 cm³/mol. The van der Waals surface area contributed by atoms with E-state index in [4.69, 9.17) is 9.83 Å². The molecule has 6 nitrogen and oxygen atoms in total. The van der Waals surface area contributed by atoms with E-state index in [9.17, 15) is 9.18 Å². The average Bonchev–Trinajstić information content (AvgIpc) is 3.59. The van der Waals surface area contributed by atoms with E-state index < -0.39 is 0 Å². The first-order valence-corrected chi connectivity index (χ1v) is 11.7. The summed E-state index contributed by atoms with van der Waals surface area (Å²) in [7, 11) is 0. The molecular weight excluding hydrogens is 443 g/mol. The highest BCUT2D eigenvalue weighted by Crippen LogP contribution is 2.40. The van der Waals surface area contributed by atoms with Gasteiger partial charge in [0.1, 0.15) is 12.1 Å². The number of pyridine rings is 1. The molecule has 5 rings (SSSR count). The standard InChI is InChI=1S/C28H27FN4O2/c1-17-7-8-31-25(11-17)26(20-3-4-20)32-27(34)22-14-19(16-33-9-10-35-28(33)30)13-21(15-22)24-6-5-23(29)12-18(24)2/h5-15,20,26,30H,3-4,16H2,1-2H3,(H,32,34). The van der Waals surface area contributed by atoms with Gasteiger partial charge >= 0.3 is 0 Å². The summed E-state index contributed by atoms with van der Waals surface area (Å²) in [6.07, 6.45) is 7.04. The summed E-state index contributed by atoms with van der Waals surface area (Å²) in [5.74, 6) is -0.106. The number of oxazole rings is 1. The van der Waals surface area contributed by atoms with Crippen LogP contribution in [0.15, 0.2) is 71.6 Å². The summed E-state index contributed by atoms with van der Waals surface area (Å²) >= 11 is 0. The van der Waals surface area contributed by atoms with Gasteiger partial charge in [-0.2, -0.15) is 0 Å². The third kappa shape index (κ3) is 5.09. The van der Waals surface area contributed by atoms with Crippen molar-refractivity contribution in [2.75, 3.05) is 0 Å². The van der Waals surface area contributed by atoms with E-state index in [-0.39, 0.29) is 23.5 Å². The quantitative estimate of drug-likeness (QED) is 0.384. The number of aryl methyl sites for hydroxylation is 2. The second-order valence-corrected chi connectivity index (χ2v) is 9.26.